The third-order valence-electron chi connectivity index (χ3n) is 2.64. The van der Waals surface area contributed by atoms with E-state index in [1.807, 2.05) is 0 Å². The number of anilines is 1. The van der Waals surface area contributed by atoms with Crippen molar-refractivity contribution in [3.63, 3.8) is 0 Å². The van der Waals surface area contributed by atoms with Crippen LogP contribution in [0, 0.1) is 5.82 Å². The summed E-state index contributed by atoms with van der Waals surface area (Å²) in [6.07, 6.45) is 0. The van der Waals surface area contributed by atoms with Crippen LogP contribution in [0.1, 0.15) is 0 Å². The van der Waals surface area contributed by atoms with Gasteiger partial charge in [-0.05, 0) is 28.1 Å². The van der Waals surface area contributed by atoms with E-state index in [0.717, 1.165) is 23.6 Å². The maximum atomic E-state index is 13.2. The molecule has 0 saturated carbocycles. The predicted octanol–water partition coefficient (Wildman–Crippen LogP) is 1.91. The van der Waals surface area contributed by atoms with Crippen LogP contribution in [0.15, 0.2) is 21.5 Å². The Morgan fingerprint density at radius 1 is 1.33 bits per heavy atom. The van der Waals surface area contributed by atoms with Gasteiger partial charge in [0.1, 0.15) is 5.82 Å². The number of hydrogen-bond donors (Lipinski definition) is 1. The largest absolute Gasteiger partial charge is 0.396 e. The number of benzene rings is 1. The maximum absolute atomic E-state index is 13.2. The molecule has 1 aromatic carbocycles. The van der Waals surface area contributed by atoms with E-state index < -0.39 is 15.8 Å². The summed E-state index contributed by atoms with van der Waals surface area (Å²) < 4.78 is 39.6. The van der Waals surface area contributed by atoms with E-state index in [9.17, 15) is 12.8 Å². The molecule has 1 aliphatic heterocycles. The van der Waals surface area contributed by atoms with Crippen LogP contribution >= 0.6 is 27.7 Å². The number of nitrogens with two attached hydrogens (primary N) is 1. The van der Waals surface area contributed by atoms with Gasteiger partial charge in [0.15, 0.2) is 0 Å². The lowest BCUT2D eigenvalue weighted by Gasteiger charge is -2.26. The second kappa shape index (κ2) is 5.36. The Morgan fingerprint density at radius 2 is 1.94 bits per heavy atom. The number of halogens is 2. The maximum Gasteiger partial charge on any atom is 0.244 e. The molecule has 0 amide bonds. The van der Waals surface area contributed by atoms with Gasteiger partial charge in [0.25, 0.3) is 0 Å². The molecule has 1 aliphatic rings. The fourth-order valence-corrected chi connectivity index (χ4v) is 5.25. The fraction of sp³-hybridized carbons (Fsp3) is 0.400. The molecule has 0 aliphatic carbocycles. The van der Waals surface area contributed by atoms with Gasteiger partial charge in [-0.15, -0.1) is 0 Å². The van der Waals surface area contributed by atoms with Crippen LogP contribution in [0.5, 0.6) is 0 Å². The van der Waals surface area contributed by atoms with Crippen LogP contribution in [0.25, 0.3) is 0 Å². The number of sulfonamides is 1. The van der Waals surface area contributed by atoms with Gasteiger partial charge in [0.2, 0.25) is 10.0 Å². The Labute approximate surface area is 118 Å². The van der Waals surface area contributed by atoms with E-state index in [0.29, 0.717) is 13.1 Å². The van der Waals surface area contributed by atoms with Crippen LogP contribution in [0.3, 0.4) is 0 Å². The topological polar surface area (TPSA) is 63.4 Å². The molecule has 4 nitrogen and oxygen atoms in total. The molecular weight excluding hydrogens is 343 g/mol. The van der Waals surface area contributed by atoms with Gasteiger partial charge in [-0.25, -0.2) is 12.8 Å². The molecular formula is C10H12BrFN2O2S2. The average Bonchev–Trinajstić information content (AvgIpc) is 2.34. The summed E-state index contributed by atoms with van der Waals surface area (Å²) >= 11 is 4.79. The second-order valence-corrected chi connectivity index (χ2v) is 7.81. The van der Waals surface area contributed by atoms with E-state index >= 15 is 0 Å². The summed E-state index contributed by atoms with van der Waals surface area (Å²) in [5.41, 5.74) is 5.27. The number of hydrogen-bond acceptors (Lipinski definition) is 4. The van der Waals surface area contributed by atoms with E-state index in [2.05, 4.69) is 15.9 Å². The Morgan fingerprint density at radius 3 is 2.56 bits per heavy atom. The first-order chi connectivity index (χ1) is 8.43. The highest BCUT2D eigenvalue weighted by atomic mass is 79.9. The third kappa shape index (κ3) is 2.66. The lowest BCUT2D eigenvalue weighted by atomic mass is 10.3. The first-order valence-electron chi connectivity index (χ1n) is 5.25. The zero-order valence-electron chi connectivity index (χ0n) is 9.40. The van der Waals surface area contributed by atoms with Gasteiger partial charge in [-0.1, -0.05) is 0 Å². The van der Waals surface area contributed by atoms with Gasteiger partial charge < -0.3 is 5.73 Å². The van der Waals surface area contributed by atoms with Crippen molar-refractivity contribution in [2.75, 3.05) is 30.3 Å². The smallest absolute Gasteiger partial charge is 0.244 e. The van der Waals surface area contributed by atoms with Crippen LogP contribution in [0.2, 0.25) is 0 Å². The lowest BCUT2D eigenvalue weighted by Crippen LogP contribution is -2.38. The normalized spacial score (nSPS) is 17.9. The van der Waals surface area contributed by atoms with Crippen LogP contribution in [-0.2, 0) is 10.0 Å². The quantitative estimate of drug-likeness (QED) is 0.824. The summed E-state index contributed by atoms with van der Waals surface area (Å²) in [7, 11) is -3.61. The monoisotopic (exact) mass is 354 g/mol. The van der Waals surface area contributed by atoms with Crippen molar-refractivity contribution in [1.29, 1.82) is 0 Å². The molecule has 0 unspecified atom stereocenters. The molecule has 1 aromatic rings. The number of rotatable bonds is 2. The van der Waals surface area contributed by atoms with Gasteiger partial charge in [-0.3, -0.25) is 0 Å². The molecule has 0 radical (unpaired) electrons. The zero-order valence-corrected chi connectivity index (χ0v) is 12.6. The minimum Gasteiger partial charge on any atom is -0.396 e. The minimum absolute atomic E-state index is 0.0216. The van der Waals surface area contributed by atoms with Crippen molar-refractivity contribution in [2.45, 2.75) is 4.90 Å². The van der Waals surface area contributed by atoms with E-state index in [-0.39, 0.29) is 15.1 Å². The highest BCUT2D eigenvalue weighted by Gasteiger charge is 2.28. The van der Waals surface area contributed by atoms with Gasteiger partial charge in [0, 0.05) is 29.1 Å². The van der Waals surface area contributed by atoms with Gasteiger partial charge in [-0.2, -0.15) is 16.1 Å². The molecule has 1 heterocycles. The minimum atomic E-state index is -3.61. The van der Waals surface area contributed by atoms with Crippen molar-refractivity contribution >= 4 is 43.4 Å². The van der Waals surface area contributed by atoms with Crippen molar-refractivity contribution in [1.82, 2.24) is 4.31 Å². The molecule has 2 rings (SSSR count). The number of nitrogens with zero attached hydrogens (tertiary/aromatic N) is 1. The molecule has 2 N–H and O–H groups in total. The van der Waals surface area contributed by atoms with Crippen molar-refractivity contribution in [3.8, 4) is 0 Å². The summed E-state index contributed by atoms with van der Waals surface area (Å²) in [6, 6.07) is 2.25. The lowest BCUT2D eigenvalue weighted by molar-refractivity contribution is 0.443. The second-order valence-electron chi connectivity index (χ2n) is 3.82. The SMILES string of the molecule is Nc1cc(S(=O)(=O)N2CCSCC2)c(Br)cc1F. The van der Waals surface area contributed by atoms with Crippen molar-refractivity contribution in [3.05, 3.63) is 22.4 Å². The molecule has 1 fully saturated rings. The molecule has 0 aromatic heterocycles. The molecule has 0 bridgehead atoms. The van der Waals surface area contributed by atoms with Crippen molar-refractivity contribution < 1.29 is 12.8 Å². The Bertz CT molecular complexity index is 559. The van der Waals surface area contributed by atoms with E-state index in [1.165, 1.54) is 4.31 Å². The van der Waals surface area contributed by atoms with Gasteiger partial charge >= 0.3 is 0 Å². The Kier molecular flexibility index (Phi) is 4.20. The van der Waals surface area contributed by atoms with Crippen LogP contribution in [-0.4, -0.2) is 37.3 Å². The summed E-state index contributed by atoms with van der Waals surface area (Å²) in [5.74, 6) is 0.913. The standard InChI is InChI=1S/C10H12BrFN2O2S2/c11-7-5-8(12)9(13)6-10(7)18(15,16)14-1-3-17-4-2-14/h5-6H,1-4,13H2. The first-order valence-corrected chi connectivity index (χ1v) is 8.64. The fourth-order valence-electron chi connectivity index (χ4n) is 1.67. The van der Waals surface area contributed by atoms with E-state index in [1.54, 1.807) is 11.8 Å². The molecule has 0 atom stereocenters. The summed E-state index contributed by atoms with van der Waals surface area (Å²) in [5, 5.41) is 0. The first kappa shape index (κ1) is 14.1. The molecule has 100 valence electrons. The Balaban J connectivity index is 2.43. The van der Waals surface area contributed by atoms with Gasteiger partial charge in [0.05, 0.1) is 10.6 Å². The zero-order chi connectivity index (χ0) is 13.3. The van der Waals surface area contributed by atoms with E-state index in [4.69, 9.17) is 5.73 Å². The summed E-state index contributed by atoms with van der Waals surface area (Å²) in [6.45, 7) is 0.938. The summed E-state index contributed by atoms with van der Waals surface area (Å²) in [4.78, 5) is 0.0216. The third-order valence-corrected chi connectivity index (χ3v) is 6.44. The number of nitrogen functional groups attached to an aromatic ring is 1. The van der Waals surface area contributed by atoms with Crippen LogP contribution < -0.4 is 5.73 Å². The Hall–Kier alpha value is -0.310. The predicted molar refractivity (Wildman–Crippen MR) is 74.6 cm³/mol. The van der Waals surface area contributed by atoms with Crippen molar-refractivity contribution in [2.24, 2.45) is 0 Å². The average molecular weight is 355 g/mol. The molecule has 0 spiro atoms. The molecule has 1 saturated heterocycles. The highest BCUT2D eigenvalue weighted by molar-refractivity contribution is 9.10. The number of thioether (sulfide) groups is 1. The van der Waals surface area contributed by atoms with Crippen LogP contribution in [0.4, 0.5) is 10.1 Å². The molecule has 18 heavy (non-hydrogen) atoms. The highest BCUT2D eigenvalue weighted by Crippen LogP contribution is 2.30. The molecule has 8 heteroatoms.